The van der Waals surface area contributed by atoms with E-state index in [1.54, 1.807) is 4.90 Å². The Morgan fingerprint density at radius 1 is 1.41 bits per heavy atom. The molecule has 2 atom stereocenters. The van der Waals surface area contributed by atoms with Crippen LogP contribution in [0.1, 0.15) is 18.3 Å². The zero-order chi connectivity index (χ0) is 19.0. The minimum atomic E-state index is -0.430. The summed E-state index contributed by atoms with van der Waals surface area (Å²) in [6, 6.07) is 7.27. The number of benzene rings is 1. The van der Waals surface area contributed by atoms with Crippen molar-refractivity contribution in [3.8, 4) is 0 Å². The van der Waals surface area contributed by atoms with Gasteiger partial charge in [0.1, 0.15) is 12.0 Å². The van der Waals surface area contributed by atoms with Gasteiger partial charge >= 0.3 is 6.03 Å². The number of amides is 3. The van der Waals surface area contributed by atoms with E-state index in [1.165, 1.54) is 6.08 Å². The Bertz CT molecular complexity index is 933. The number of carbonyl (C=O) groups excluding carboxylic acids is 2. The third-order valence-corrected chi connectivity index (χ3v) is 4.97. The lowest BCUT2D eigenvalue weighted by Crippen LogP contribution is -2.30. The fraction of sp³-hybridized carbons (Fsp3) is 0.278. The summed E-state index contributed by atoms with van der Waals surface area (Å²) < 4.78 is 0. The monoisotopic (exact) mass is 386 g/mol. The van der Waals surface area contributed by atoms with E-state index < -0.39 is 6.17 Å². The van der Waals surface area contributed by atoms with Gasteiger partial charge in [-0.3, -0.25) is 10.2 Å². The Kier molecular flexibility index (Phi) is 4.59. The highest BCUT2D eigenvalue weighted by Crippen LogP contribution is 2.29. The Balaban J connectivity index is 1.65. The molecule has 2 saturated heterocycles. The van der Waals surface area contributed by atoms with Crippen molar-refractivity contribution in [2.24, 2.45) is 0 Å². The molecular formula is C18H19ClN6O2. The Hall–Kier alpha value is -2.84. The zero-order valence-corrected chi connectivity index (χ0v) is 15.2. The minimum Gasteiger partial charge on any atom is -0.365 e. The number of aromatic nitrogens is 1. The van der Waals surface area contributed by atoms with Crippen LogP contribution in [-0.4, -0.2) is 41.0 Å². The molecule has 2 aliphatic rings. The van der Waals surface area contributed by atoms with Gasteiger partial charge in [0.05, 0.1) is 5.69 Å². The summed E-state index contributed by atoms with van der Waals surface area (Å²) in [6.45, 7) is 4.79. The molecule has 4 rings (SSSR count). The SMILES string of the molecule is C=CC(=O)N1CC[C@H](Nc2nc(C3NNC(=O)N3)cc3ccc(Cl)cc23)C1. The molecule has 0 aliphatic carbocycles. The Morgan fingerprint density at radius 2 is 2.26 bits per heavy atom. The van der Waals surface area contributed by atoms with E-state index in [0.717, 1.165) is 17.2 Å². The molecule has 140 valence electrons. The third kappa shape index (κ3) is 3.54. The first-order valence-corrected chi connectivity index (χ1v) is 9.01. The molecule has 2 aromatic rings. The van der Waals surface area contributed by atoms with Crippen LogP contribution in [0.5, 0.6) is 0 Å². The van der Waals surface area contributed by atoms with Crippen molar-refractivity contribution >= 4 is 40.1 Å². The molecule has 0 radical (unpaired) electrons. The molecule has 0 bridgehead atoms. The zero-order valence-electron chi connectivity index (χ0n) is 14.5. The molecule has 0 saturated carbocycles. The van der Waals surface area contributed by atoms with Gasteiger partial charge in [0.2, 0.25) is 5.91 Å². The van der Waals surface area contributed by atoms with Crippen LogP contribution in [0.2, 0.25) is 5.02 Å². The number of hydrogen-bond acceptors (Lipinski definition) is 5. The average Bonchev–Trinajstić information content (AvgIpc) is 3.30. The number of nitrogens with zero attached hydrogens (tertiary/aromatic N) is 2. The highest BCUT2D eigenvalue weighted by Gasteiger charge is 2.27. The van der Waals surface area contributed by atoms with E-state index in [0.29, 0.717) is 29.6 Å². The number of hydrazine groups is 1. The number of halogens is 1. The molecule has 27 heavy (non-hydrogen) atoms. The van der Waals surface area contributed by atoms with Gasteiger partial charge in [0, 0.05) is 29.5 Å². The molecule has 2 aliphatic heterocycles. The molecule has 1 aromatic carbocycles. The van der Waals surface area contributed by atoms with Gasteiger partial charge in [-0.2, -0.15) is 0 Å². The molecule has 8 nitrogen and oxygen atoms in total. The number of rotatable bonds is 4. The number of hydrogen-bond donors (Lipinski definition) is 4. The normalized spacial score (nSPS) is 21.8. The Labute approximate surface area is 160 Å². The summed E-state index contributed by atoms with van der Waals surface area (Å²) in [5.74, 6) is 0.601. The smallest absolute Gasteiger partial charge is 0.330 e. The van der Waals surface area contributed by atoms with Crippen molar-refractivity contribution in [3.05, 3.63) is 47.6 Å². The number of pyridine rings is 1. The van der Waals surface area contributed by atoms with Crippen LogP contribution in [0.25, 0.3) is 10.8 Å². The number of likely N-dealkylation sites (tertiary alicyclic amines) is 1. The lowest BCUT2D eigenvalue weighted by Gasteiger charge is -2.19. The van der Waals surface area contributed by atoms with Crippen LogP contribution in [-0.2, 0) is 4.79 Å². The van der Waals surface area contributed by atoms with Crippen molar-refractivity contribution in [1.82, 2.24) is 26.1 Å². The molecular weight excluding hydrogens is 368 g/mol. The van der Waals surface area contributed by atoms with Gasteiger partial charge in [0.25, 0.3) is 0 Å². The van der Waals surface area contributed by atoms with Crippen LogP contribution >= 0.6 is 11.6 Å². The summed E-state index contributed by atoms with van der Waals surface area (Å²) in [5.41, 5.74) is 6.03. The highest BCUT2D eigenvalue weighted by atomic mass is 35.5. The minimum absolute atomic E-state index is 0.0714. The fourth-order valence-electron chi connectivity index (χ4n) is 3.39. The highest BCUT2D eigenvalue weighted by molar-refractivity contribution is 6.31. The van der Waals surface area contributed by atoms with Gasteiger partial charge in [-0.15, -0.1) is 0 Å². The maximum absolute atomic E-state index is 11.8. The van der Waals surface area contributed by atoms with Crippen LogP contribution in [0, 0.1) is 0 Å². The molecule has 9 heteroatoms. The molecule has 3 heterocycles. The summed E-state index contributed by atoms with van der Waals surface area (Å²) >= 11 is 6.18. The van der Waals surface area contributed by atoms with Crippen molar-refractivity contribution in [2.75, 3.05) is 18.4 Å². The van der Waals surface area contributed by atoms with E-state index >= 15 is 0 Å². The summed E-state index contributed by atoms with van der Waals surface area (Å²) in [7, 11) is 0. The maximum atomic E-state index is 11.8. The predicted octanol–water partition coefficient (Wildman–Crippen LogP) is 1.90. The molecule has 1 unspecified atom stereocenters. The second kappa shape index (κ2) is 7.05. The first kappa shape index (κ1) is 17.6. The van der Waals surface area contributed by atoms with E-state index in [2.05, 4.69) is 28.1 Å². The topological polar surface area (TPSA) is 98.4 Å². The summed E-state index contributed by atoms with van der Waals surface area (Å²) in [6.07, 6.45) is 1.71. The quantitative estimate of drug-likeness (QED) is 0.602. The number of fused-ring (bicyclic) bond motifs is 1. The van der Waals surface area contributed by atoms with Crippen LogP contribution < -0.4 is 21.5 Å². The predicted molar refractivity (Wildman–Crippen MR) is 103 cm³/mol. The average molecular weight is 387 g/mol. The molecule has 2 fully saturated rings. The van der Waals surface area contributed by atoms with Crippen molar-refractivity contribution < 1.29 is 9.59 Å². The standard InChI is InChI=1S/C18H19ClN6O2/c1-2-15(26)25-6-5-12(9-25)20-16-13-8-11(19)4-3-10(13)7-14(21-16)17-22-18(27)24-23-17/h2-4,7-8,12,17,23H,1,5-6,9H2,(H,20,21)(H2,22,24,27)/t12-,17?/m0/s1. The molecule has 3 amide bonds. The van der Waals surface area contributed by atoms with Crippen LogP contribution in [0.15, 0.2) is 36.9 Å². The second-order valence-electron chi connectivity index (χ2n) is 6.56. The van der Waals surface area contributed by atoms with Crippen LogP contribution in [0.3, 0.4) is 0 Å². The van der Waals surface area contributed by atoms with E-state index in [9.17, 15) is 9.59 Å². The second-order valence-corrected chi connectivity index (χ2v) is 6.99. The summed E-state index contributed by atoms with van der Waals surface area (Å²) in [4.78, 5) is 29.7. The number of carbonyl (C=O) groups is 2. The van der Waals surface area contributed by atoms with E-state index in [-0.39, 0.29) is 18.0 Å². The largest absolute Gasteiger partial charge is 0.365 e. The van der Waals surface area contributed by atoms with Gasteiger partial charge in [-0.05, 0) is 36.1 Å². The van der Waals surface area contributed by atoms with E-state index in [1.807, 2.05) is 24.3 Å². The molecule has 1 aromatic heterocycles. The molecule has 0 spiro atoms. The lowest BCUT2D eigenvalue weighted by atomic mass is 10.1. The van der Waals surface area contributed by atoms with Crippen molar-refractivity contribution in [3.63, 3.8) is 0 Å². The van der Waals surface area contributed by atoms with E-state index in [4.69, 9.17) is 16.6 Å². The lowest BCUT2D eigenvalue weighted by molar-refractivity contribution is -0.125. The van der Waals surface area contributed by atoms with Gasteiger partial charge < -0.3 is 15.5 Å². The third-order valence-electron chi connectivity index (χ3n) is 4.73. The summed E-state index contributed by atoms with van der Waals surface area (Å²) in [5, 5.41) is 8.64. The molecule has 4 N–H and O–H groups in total. The number of urea groups is 1. The number of anilines is 1. The number of nitrogens with one attached hydrogen (secondary N) is 4. The fourth-order valence-corrected chi connectivity index (χ4v) is 3.56. The first-order chi connectivity index (χ1) is 13.0. The van der Waals surface area contributed by atoms with Crippen molar-refractivity contribution in [1.29, 1.82) is 0 Å². The van der Waals surface area contributed by atoms with Crippen LogP contribution in [0.4, 0.5) is 10.6 Å². The van der Waals surface area contributed by atoms with Gasteiger partial charge in [-0.1, -0.05) is 24.2 Å². The maximum Gasteiger partial charge on any atom is 0.330 e. The van der Waals surface area contributed by atoms with Gasteiger partial charge in [-0.25, -0.2) is 15.2 Å². The Morgan fingerprint density at radius 3 is 3.00 bits per heavy atom. The first-order valence-electron chi connectivity index (χ1n) is 8.63. The van der Waals surface area contributed by atoms with Crippen molar-refractivity contribution in [2.45, 2.75) is 18.6 Å². The van der Waals surface area contributed by atoms with Gasteiger partial charge in [0.15, 0.2) is 0 Å².